The maximum atomic E-state index is 13.3. The Morgan fingerprint density at radius 3 is 1.43 bits per heavy atom. The van der Waals surface area contributed by atoms with E-state index in [0.717, 1.165) is 6.92 Å². The summed E-state index contributed by atoms with van der Waals surface area (Å²) in [5.74, 6) is -12.6. The van der Waals surface area contributed by atoms with Crippen molar-refractivity contribution >= 4 is 17.8 Å². The number of hydrogen-bond acceptors (Lipinski definition) is 40. The summed E-state index contributed by atoms with van der Waals surface area (Å²) < 4.78 is 75.3. The van der Waals surface area contributed by atoms with Gasteiger partial charge in [0.05, 0.1) is 58.5 Å². The molecule has 1 amide bonds. The minimum Gasteiger partial charge on any atom is -0.477 e. The van der Waals surface area contributed by atoms with Gasteiger partial charge in [0.1, 0.15) is 171 Å². The van der Waals surface area contributed by atoms with Crippen LogP contribution in [0.1, 0.15) is 19.8 Å². The normalized spacial score (nSPS) is 48.0. The molecule has 43 nitrogen and oxygen atoms in total. The van der Waals surface area contributed by atoms with Crippen molar-refractivity contribution in [3.63, 3.8) is 0 Å². The number of aliphatic hydroxyl groups is 24. The summed E-state index contributed by atoms with van der Waals surface area (Å²) in [6, 6.07) is -1.89. The van der Waals surface area contributed by atoms with E-state index in [9.17, 15) is 147 Å². The van der Waals surface area contributed by atoms with Crippen LogP contribution >= 0.6 is 0 Å². The summed E-state index contributed by atoms with van der Waals surface area (Å²) >= 11 is 0. The van der Waals surface area contributed by atoms with Crippen LogP contribution in [0.3, 0.4) is 0 Å². The molecule has 0 aromatic rings. The number of carboxylic acid groups (broad SMARTS) is 2. The van der Waals surface area contributed by atoms with E-state index in [0.29, 0.717) is 0 Å². The van der Waals surface area contributed by atoms with E-state index in [1.165, 1.54) is 0 Å². The number of rotatable bonds is 26. The van der Waals surface area contributed by atoms with Crippen LogP contribution in [0.5, 0.6) is 0 Å². The molecular weight excluding hydrogens is 1290 g/mol. The number of hydrogen-bond donors (Lipinski definition) is 27. The molecule has 27 N–H and O–H groups in total. The lowest BCUT2D eigenvalue weighted by Gasteiger charge is -2.53. The van der Waals surface area contributed by atoms with Gasteiger partial charge in [0, 0.05) is 19.8 Å². The number of aliphatic hydroxyl groups excluding tert-OH is 23. The Morgan fingerprint density at radius 1 is 0.430 bits per heavy atom. The molecular formula is C50H83NO42. The second kappa shape index (κ2) is 32.3. The molecule has 540 valence electrons. The predicted octanol–water partition coefficient (Wildman–Crippen LogP) is -17.7. The van der Waals surface area contributed by atoms with Crippen LogP contribution in [0.2, 0.25) is 0 Å². The van der Waals surface area contributed by atoms with Gasteiger partial charge in [0.25, 0.3) is 11.6 Å². The lowest BCUT2D eigenvalue weighted by Crippen LogP contribution is -2.71. The highest BCUT2D eigenvalue weighted by molar-refractivity contribution is 5.77. The first-order valence-electron chi connectivity index (χ1n) is 28.9. The van der Waals surface area contributed by atoms with Gasteiger partial charge in [-0.25, -0.2) is 9.59 Å². The lowest BCUT2D eigenvalue weighted by atomic mass is 9.89. The van der Waals surface area contributed by atoms with Crippen LogP contribution in [0.4, 0.5) is 0 Å². The molecule has 43 heteroatoms. The average Bonchev–Trinajstić information content (AvgIpc) is 0.760. The van der Waals surface area contributed by atoms with Gasteiger partial charge in [-0.1, -0.05) is 0 Å². The van der Waals surface area contributed by atoms with E-state index in [-0.39, 0.29) is 0 Å². The van der Waals surface area contributed by atoms with Gasteiger partial charge < -0.3 is 200 Å². The molecule has 12 unspecified atom stereocenters. The Bertz CT molecular complexity index is 2390. The van der Waals surface area contributed by atoms with E-state index in [2.05, 4.69) is 5.32 Å². The predicted molar refractivity (Wildman–Crippen MR) is 278 cm³/mol. The van der Waals surface area contributed by atoms with E-state index in [1.807, 2.05) is 0 Å². The number of ether oxygens (including phenoxy) is 13. The molecule has 7 aliphatic heterocycles. The zero-order valence-corrected chi connectivity index (χ0v) is 48.7. The highest BCUT2D eigenvalue weighted by atomic mass is 16.8. The first-order chi connectivity index (χ1) is 43.7. The molecule has 0 aromatic carbocycles. The van der Waals surface area contributed by atoms with Gasteiger partial charge in [-0.05, 0) is 0 Å². The highest BCUT2D eigenvalue weighted by Gasteiger charge is 2.64. The maximum Gasteiger partial charge on any atom is 0.364 e. The molecule has 7 heterocycles. The second-order valence-corrected chi connectivity index (χ2v) is 23.2. The van der Waals surface area contributed by atoms with Gasteiger partial charge in [0.2, 0.25) is 5.91 Å². The van der Waals surface area contributed by atoms with Crippen molar-refractivity contribution in [3.05, 3.63) is 0 Å². The van der Waals surface area contributed by atoms with Crippen molar-refractivity contribution in [2.24, 2.45) is 0 Å². The zero-order chi connectivity index (χ0) is 69.2. The van der Waals surface area contributed by atoms with Gasteiger partial charge >= 0.3 is 11.9 Å². The quantitative estimate of drug-likeness (QED) is 0.0382. The van der Waals surface area contributed by atoms with Crippen LogP contribution in [0.25, 0.3) is 0 Å². The molecule has 37 atom stereocenters. The van der Waals surface area contributed by atoms with Crippen LogP contribution in [0.15, 0.2) is 0 Å². The fourth-order valence-corrected chi connectivity index (χ4v) is 11.7. The third kappa shape index (κ3) is 16.2. The van der Waals surface area contributed by atoms with E-state index in [4.69, 9.17) is 61.6 Å². The lowest BCUT2D eigenvalue weighted by molar-refractivity contribution is -0.419. The van der Waals surface area contributed by atoms with Gasteiger partial charge in [-0.3, -0.25) is 4.79 Å². The van der Waals surface area contributed by atoms with Gasteiger partial charge in [-0.2, -0.15) is 0 Å². The van der Waals surface area contributed by atoms with Crippen LogP contribution < -0.4 is 5.32 Å². The number of carboxylic acids is 2. The first-order valence-corrected chi connectivity index (χ1v) is 28.9. The molecule has 0 spiro atoms. The van der Waals surface area contributed by atoms with Crippen molar-refractivity contribution in [2.45, 2.75) is 246 Å². The second-order valence-electron chi connectivity index (χ2n) is 23.2. The van der Waals surface area contributed by atoms with Crippen molar-refractivity contribution in [1.29, 1.82) is 0 Å². The standard InChI is InChI=1S/C50H83NO42/c1-11(59)51-21-25(68)23(66)18(8-56)81-42(21)89-40-28(71)27(70)33(13(61)4-52)84-46(40)88-39-32(75)45(85-35(15(63)6-54)41(39)90-44-31(74)29(72)37(20(10-58)83-44)86-43-30(73)26(69)24(67)19(9-57)82-43)87-38-17(3-49(80,47(76)77)92-36(38)16(64)7-55)91-50(48(78)79)2-12(60)22(65)34(93-50)14(62)5-53/h12-46,52-58,60-75,80H,2-10H2,1H3,(H,51,59)(H,76,77)(H,78,79)/t12-,13?,14-,15?,16-,17-,18-,19-,20-,21-,22-,23-,24+,25-,26+,27?,28?,29-,30-,31-,32?,33?,34-,35?,36-,37-,38-,39?,40?,41?,42-,43+,44+,45?,46?,49-,50-/m1/s1. The number of nitrogens with one attached hydrogen (secondary N) is 1. The number of aliphatic carboxylic acids is 2. The van der Waals surface area contributed by atoms with Crippen LogP contribution in [-0.4, -0.2) is 423 Å². The summed E-state index contributed by atoms with van der Waals surface area (Å²) in [6.07, 6.45) is -81.9. The topological polar surface area (TPSA) is 709 Å². The minimum atomic E-state index is -3.63. The molecule has 7 fully saturated rings. The Balaban J connectivity index is 1.36. The number of amides is 1. The Labute approximate surface area is 523 Å². The fourth-order valence-electron chi connectivity index (χ4n) is 11.7. The highest BCUT2D eigenvalue weighted by Crippen LogP contribution is 2.44. The van der Waals surface area contributed by atoms with Crippen molar-refractivity contribution in [3.8, 4) is 0 Å². The summed E-state index contributed by atoms with van der Waals surface area (Å²) in [5.41, 5.74) is 0. The SMILES string of the molecule is CC(=O)N[C@H]1[C@@H](OC2C(OC3C(O)C(O[C@H]4[C@@H]([C@H](O)CO)O[C@@](O)(C(=O)O)C[C@H]4O[C@]4(C(=O)O)C[C@@H](O)[C@@H](O)[C@@H]([C@H](O)CO)O4)OC(C(O)CO)C3O[C@@H]3O[C@H](CO)[C@@H](O[C@@H]4O[C@H](CO)[C@H](O)[C@H](O)[C@H]4O)[C@H](O)[C@H]3O)OC(C(O)CO)C(O)C2O)O[C@H](CO)[C@@H](O)[C@@H]1O. The molecule has 0 bridgehead atoms. The summed E-state index contributed by atoms with van der Waals surface area (Å²) in [5, 5.41) is 285. The van der Waals surface area contributed by atoms with Crippen molar-refractivity contribution in [2.75, 3.05) is 46.2 Å². The largest absolute Gasteiger partial charge is 0.477 e. The summed E-state index contributed by atoms with van der Waals surface area (Å²) in [7, 11) is 0. The van der Waals surface area contributed by atoms with Gasteiger partial charge in [0.15, 0.2) is 31.5 Å². The van der Waals surface area contributed by atoms with Crippen molar-refractivity contribution < 1.29 is 209 Å². The van der Waals surface area contributed by atoms with E-state index < -0.39 is 303 Å². The third-order valence-corrected chi connectivity index (χ3v) is 16.8. The molecule has 0 aromatic heterocycles. The molecule has 93 heavy (non-hydrogen) atoms. The Morgan fingerprint density at radius 2 is 0.882 bits per heavy atom. The summed E-state index contributed by atoms with van der Waals surface area (Å²) in [6.45, 7) is -7.91. The summed E-state index contributed by atoms with van der Waals surface area (Å²) in [4.78, 5) is 38.5. The fraction of sp³-hybridized carbons (Fsp3) is 0.940. The van der Waals surface area contributed by atoms with Crippen LogP contribution in [0, 0.1) is 0 Å². The van der Waals surface area contributed by atoms with Crippen molar-refractivity contribution in [1.82, 2.24) is 5.32 Å². The van der Waals surface area contributed by atoms with Gasteiger partial charge in [-0.15, -0.1) is 0 Å². The molecule has 7 rings (SSSR count). The Hall–Kier alpha value is -3.07. The average molecular weight is 1370 g/mol. The first kappa shape index (κ1) is 77.3. The number of carbonyl (C=O) groups is 3. The minimum absolute atomic E-state index is 0.921. The molecule has 0 radical (unpaired) electrons. The molecule has 7 aliphatic rings. The monoisotopic (exact) mass is 1370 g/mol. The van der Waals surface area contributed by atoms with Crippen LogP contribution in [-0.2, 0) is 76.0 Å². The Kier molecular flexibility index (Phi) is 26.8. The molecule has 7 saturated heterocycles. The molecule has 0 saturated carbocycles. The van der Waals surface area contributed by atoms with E-state index >= 15 is 0 Å². The van der Waals surface area contributed by atoms with E-state index in [1.54, 1.807) is 0 Å². The number of carbonyl (C=O) groups excluding carboxylic acids is 1. The maximum absolute atomic E-state index is 13.3. The third-order valence-electron chi connectivity index (χ3n) is 16.8. The smallest absolute Gasteiger partial charge is 0.364 e. The molecule has 0 aliphatic carbocycles. The zero-order valence-electron chi connectivity index (χ0n) is 48.7.